The molecule has 3 amide bonds. The number of nitrogens with one attached hydrogen (secondary N) is 4. The fraction of sp³-hybridized carbons (Fsp3) is 0.192. The molecular formula is C26H18ClF5N4O3. The van der Waals surface area contributed by atoms with Crippen LogP contribution < -0.4 is 21.3 Å². The Bertz CT molecular complexity index is 1520. The highest BCUT2D eigenvalue weighted by atomic mass is 35.5. The molecule has 1 unspecified atom stereocenters. The maximum atomic E-state index is 14.1. The number of halogens is 6. The molecule has 1 fully saturated rings. The molecule has 0 saturated carbocycles. The third-order valence-corrected chi connectivity index (χ3v) is 6.76. The van der Waals surface area contributed by atoms with Crippen molar-refractivity contribution >= 4 is 40.7 Å². The van der Waals surface area contributed by atoms with Crippen LogP contribution in [0.2, 0.25) is 5.02 Å². The van der Waals surface area contributed by atoms with E-state index in [-0.39, 0.29) is 51.0 Å². The van der Waals surface area contributed by atoms with Gasteiger partial charge in [0, 0.05) is 51.7 Å². The van der Waals surface area contributed by atoms with E-state index in [4.69, 9.17) is 11.6 Å². The average Bonchev–Trinajstić information content (AvgIpc) is 3.15. The number of carbonyl (C=O) groups excluding carboxylic acids is 3. The van der Waals surface area contributed by atoms with Crippen molar-refractivity contribution in [2.75, 3.05) is 23.7 Å². The first-order valence-electron chi connectivity index (χ1n) is 11.5. The predicted molar refractivity (Wildman–Crippen MR) is 132 cm³/mol. The normalized spacial score (nSPS) is 16.8. The second-order valence-electron chi connectivity index (χ2n) is 9.08. The molecule has 202 valence electrons. The number of hydrogen-bond acceptors (Lipinski definition) is 4. The van der Waals surface area contributed by atoms with Crippen LogP contribution in [0, 0.1) is 17.6 Å². The summed E-state index contributed by atoms with van der Waals surface area (Å²) in [5, 5.41) is 10.8. The third-order valence-electron chi connectivity index (χ3n) is 6.41. The highest BCUT2D eigenvalue weighted by Gasteiger charge is 2.36. The molecular weight excluding hydrogens is 547 g/mol. The molecule has 1 atom stereocenters. The minimum absolute atomic E-state index is 0.00962. The summed E-state index contributed by atoms with van der Waals surface area (Å²) in [6.07, 6.45) is -4.91. The number of hydrogen-bond donors (Lipinski definition) is 4. The molecule has 1 saturated heterocycles. The van der Waals surface area contributed by atoms with Crippen molar-refractivity contribution in [1.29, 1.82) is 0 Å². The first-order valence-corrected chi connectivity index (χ1v) is 11.9. The van der Waals surface area contributed by atoms with Gasteiger partial charge >= 0.3 is 6.18 Å². The van der Waals surface area contributed by atoms with Gasteiger partial charge in [0.15, 0.2) is 0 Å². The van der Waals surface area contributed by atoms with Crippen molar-refractivity contribution in [3.05, 3.63) is 93.0 Å². The van der Waals surface area contributed by atoms with Crippen molar-refractivity contribution in [1.82, 2.24) is 10.6 Å². The fourth-order valence-electron chi connectivity index (χ4n) is 4.38. The Morgan fingerprint density at radius 1 is 0.949 bits per heavy atom. The SMILES string of the molecule is O=C(Nc1cc(NC(=O)C2CNC2)cc2c1C(c1cc(F)ccc1Cl)NC2=O)c1cc(F)cc(C(F)(F)F)c1. The smallest absolute Gasteiger partial charge is 0.341 e. The largest absolute Gasteiger partial charge is 0.416 e. The summed E-state index contributed by atoms with van der Waals surface area (Å²) < 4.78 is 67.7. The predicted octanol–water partition coefficient (Wildman–Crippen LogP) is 4.88. The number of carbonyl (C=O) groups is 3. The highest BCUT2D eigenvalue weighted by Crippen LogP contribution is 2.41. The Kier molecular flexibility index (Phi) is 6.77. The molecule has 0 aliphatic carbocycles. The minimum Gasteiger partial charge on any atom is -0.341 e. The summed E-state index contributed by atoms with van der Waals surface area (Å²) in [7, 11) is 0. The van der Waals surface area contributed by atoms with Crippen molar-refractivity contribution < 1.29 is 36.3 Å². The summed E-state index contributed by atoms with van der Waals surface area (Å²) in [4.78, 5) is 38.5. The second kappa shape index (κ2) is 9.93. The number of fused-ring (bicyclic) bond motifs is 1. The van der Waals surface area contributed by atoms with Gasteiger partial charge in [-0.2, -0.15) is 13.2 Å². The monoisotopic (exact) mass is 564 g/mol. The molecule has 0 aromatic heterocycles. The molecule has 2 heterocycles. The van der Waals surface area contributed by atoms with Crippen LogP contribution >= 0.6 is 11.6 Å². The van der Waals surface area contributed by atoms with Crippen LogP contribution in [0.25, 0.3) is 0 Å². The van der Waals surface area contributed by atoms with E-state index in [9.17, 15) is 36.3 Å². The van der Waals surface area contributed by atoms with Gasteiger partial charge in [-0.05, 0) is 48.5 Å². The fourth-order valence-corrected chi connectivity index (χ4v) is 4.60. The Hall–Kier alpha value is -4.03. The van der Waals surface area contributed by atoms with E-state index in [1.807, 2.05) is 0 Å². The van der Waals surface area contributed by atoms with Gasteiger partial charge in [-0.25, -0.2) is 8.78 Å². The Labute approximate surface area is 222 Å². The topological polar surface area (TPSA) is 99.3 Å². The first-order chi connectivity index (χ1) is 18.4. The zero-order valence-corrected chi connectivity index (χ0v) is 20.4. The third kappa shape index (κ3) is 5.30. The van der Waals surface area contributed by atoms with Gasteiger partial charge in [-0.15, -0.1) is 0 Å². The van der Waals surface area contributed by atoms with E-state index in [0.29, 0.717) is 25.2 Å². The van der Waals surface area contributed by atoms with E-state index < -0.39 is 46.8 Å². The molecule has 39 heavy (non-hydrogen) atoms. The molecule has 0 radical (unpaired) electrons. The maximum absolute atomic E-state index is 14.1. The molecule has 4 N–H and O–H groups in total. The van der Waals surface area contributed by atoms with Crippen LogP contribution in [0.3, 0.4) is 0 Å². The van der Waals surface area contributed by atoms with Crippen LogP contribution in [0.15, 0.2) is 48.5 Å². The van der Waals surface area contributed by atoms with Crippen molar-refractivity contribution in [2.45, 2.75) is 12.2 Å². The maximum Gasteiger partial charge on any atom is 0.416 e. The number of amides is 3. The van der Waals surface area contributed by atoms with Gasteiger partial charge in [-0.3, -0.25) is 14.4 Å². The zero-order chi connectivity index (χ0) is 28.1. The van der Waals surface area contributed by atoms with Crippen LogP contribution in [0.4, 0.5) is 33.3 Å². The van der Waals surface area contributed by atoms with Gasteiger partial charge in [0.1, 0.15) is 11.6 Å². The molecule has 5 rings (SSSR count). The number of benzene rings is 3. The lowest BCUT2D eigenvalue weighted by Crippen LogP contribution is -2.48. The van der Waals surface area contributed by atoms with Crippen LogP contribution in [-0.4, -0.2) is 30.8 Å². The van der Waals surface area contributed by atoms with E-state index in [0.717, 1.165) is 12.1 Å². The zero-order valence-electron chi connectivity index (χ0n) is 19.7. The molecule has 3 aromatic rings. The minimum atomic E-state index is -4.91. The number of alkyl halides is 3. The summed E-state index contributed by atoms with van der Waals surface area (Å²) in [6.45, 7) is 0.893. The van der Waals surface area contributed by atoms with Gasteiger partial charge in [0.05, 0.1) is 17.5 Å². The molecule has 7 nitrogen and oxygen atoms in total. The molecule has 2 aliphatic heterocycles. The van der Waals surface area contributed by atoms with Gasteiger partial charge in [0.2, 0.25) is 5.91 Å². The van der Waals surface area contributed by atoms with Crippen molar-refractivity contribution in [2.24, 2.45) is 5.92 Å². The van der Waals surface area contributed by atoms with Crippen molar-refractivity contribution in [3.63, 3.8) is 0 Å². The Morgan fingerprint density at radius 2 is 1.69 bits per heavy atom. The summed E-state index contributed by atoms with van der Waals surface area (Å²) >= 11 is 6.26. The van der Waals surface area contributed by atoms with Crippen LogP contribution in [0.1, 0.15) is 43.4 Å². The lowest BCUT2D eigenvalue weighted by molar-refractivity contribution is -0.137. The average molecular weight is 565 g/mol. The Morgan fingerprint density at radius 3 is 2.36 bits per heavy atom. The number of anilines is 2. The summed E-state index contributed by atoms with van der Waals surface area (Å²) in [6, 6.07) is 6.48. The molecule has 0 bridgehead atoms. The van der Waals surface area contributed by atoms with Gasteiger partial charge in [0.25, 0.3) is 11.8 Å². The first kappa shape index (κ1) is 26.6. The van der Waals surface area contributed by atoms with Gasteiger partial charge < -0.3 is 21.3 Å². The second-order valence-corrected chi connectivity index (χ2v) is 9.49. The van der Waals surface area contributed by atoms with E-state index in [1.165, 1.54) is 18.2 Å². The Balaban J connectivity index is 1.59. The van der Waals surface area contributed by atoms with Crippen molar-refractivity contribution in [3.8, 4) is 0 Å². The van der Waals surface area contributed by atoms with E-state index in [2.05, 4.69) is 21.3 Å². The highest BCUT2D eigenvalue weighted by molar-refractivity contribution is 6.31. The lowest BCUT2D eigenvalue weighted by Gasteiger charge is -2.26. The molecule has 3 aromatic carbocycles. The molecule has 2 aliphatic rings. The standard InChI is InChI=1S/C26H18ClF5N4O3/c27-19-2-1-14(28)6-17(19)22-21-18(25(39)36-22)7-16(34-24(38)12-9-33-10-12)8-20(21)35-23(37)11-3-13(26(30,31)32)5-15(29)4-11/h1-8,12,22,33H,9-10H2,(H,34,38)(H,35,37)(H,36,39). The molecule has 0 spiro atoms. The number of rotatable bonds is 5. The van der Waals surface area contributed by atoms with E-state index >= 15 is 0 Å². The quantitative estimate of drug-likeness (QED) is 0.332. The van der Waals surface area contributed by atoms with Crippen LogP contribution in [-0.2, 0) is 11.0 Å². The summed E-state index contributed by atoms with van der Waals surface area (Å²) in [5.74, 6) is -4.35. The molecule has 13 heteroatoms. The van der Waals surface area contributed by atoms with Crippen LogP contribution in [0.5, 0.6) is 0 Å². The summed E-state index contributed by atoms with van der Waals surface area (Å²) in [5.41, 5.74) is -1.66. The van der Waals surface area contributed by atoms with Gasteiger partial charge in [-0.1, -0.05) is 11.6 Å². The lowest BCUT2D eigenvalue weighted by atomic mass is 9.95. The van der Waals surface area contributed by atoms with E-state index in [1.54, 1.807) is 0 Å².